The number of carbonyl (C=O) groups excluding carboxylic acids is 2. The van der Waals surface area contributed by atoms with Crippen LogP contribution in [0.25, 0.3) is 0 Å². The van der Waals surface area contributed by atoms with Crippen molar-refractivity contribution < 1.29 is 14.3 Å². The number of hydrogen-bond acceptors (Lipinski definition) is 5. The molecule has 0 aliphatic heterocycles. The maximum atomic E-state index is 12.6. The van der Waals surface area contributed by atoms with Crippen LogP contribution in [0.2, 0.25) is 0 Å². The Morgan fingerprint density at radius 3 is 2.25 bits per heavy atom. The Bertz CT molecular complexity index is 808. The second kappa shape index (κ2) is 6.63. The van der Waals surface area contributed by atoms with Crippen molar-refractivity contribution in [2.45, 2.75) is 6.92 Å². The lowest BCUT2D eigenvalue weighted by Crippen LogP contribution is -2.24. The number of methoxy groups -OCH3 is 1. The van der Waals surface area contributed by atoms with Gasteiger partial charge in [-0.25, -0.2) is 4.68 Å². The first-order chi connectivity index (χ1) is 11.2. The number of nitrogens with one attached hydrogen (secondary N) is 1. The first-order valence-electron chi connectivity index (χ1n) is 7.02. The van der Waals surface area contributed by atoms with Crippen LogP contribution in [-0.4, -0.2) is 57.5 Å². The van der Waals surface area contributed by atoms with Crippen LogP contribution in [0.5, 0.6) is 5.88 Å². The predicted octanol–water partition coefficient (Wildman–Crippen LogP) is 1.19. The minimum Gasteiger partial charge on any atom is -0.480 e. The molecule has 0 saturated heterocycles. The van der Waals surface area contributed by atoms with Crippen molar-refractivity contribution in [3.05, 3.63) is 21.6 Å². The number of amides is 2. The van der Waals surface area contributed by atoms with Gasteiger partial charge in [-0.15, -0.1) is 0 Å². The Balaban J connectivity index is 2.41. The highest BCUT2D eigenvalue weighted by atomic mass is 79.9. The van der Waals surface area contributed by atoms with Crippen LogP contribution in [0.3, 0.4) is 0 Å². The summed E-state index contributed by atoms with van der Waals surface area (Å²) in [4.78, 5) is 26.3. The molecule has 0 fully saturated rings. The van der Waals surface area contributed by atoms with Gasteiger partial charge in [0.2, 0.25) is 5.88 Å². The molecular weight excluding hydrogens is 380 g/mol. The lowest BCUT2D eigenvalue weighted by Gasteiger charge is -2.10. The van der Waals surface area contributed by atoms with E-state index in [1.165, 1.54) is 16.7 Å². The molecule has 0 aliphatic carbocycles. The molecule has 0 aliphatic rings. The van der Waals surface area contributed by atoms with Crippen LogP contribution in [-0.2, 0) is 14.1 Å². The van der Waals surface area contributed by atoms with Gasteiger partial charge in [0.15, 0.2) is 11.4 Å². The van der Waals surface area contributed by atoms with Gasteiger partial charge in [0.05, 0.1) is 18.5 Å². The smallest absolute Gasteiger partial charge is 0.277 e. The summed E-state index contributed by atoms with van der Waals surface area (Å²) in [7, 11) is 8.10. The fraction of sp³-hybridized carbons (Fsp3) is 0.429. The third-order valence-corrected chi connectivity index (χ3v) is 4.24. The number of ether oxygens (including phenoxy) is 1. The average molecular weight is 399 g/mol. The van der Waals surface area contributed by atoms with Crippen molar-refractivity contribution in [3.63, 3.8) is 0 Å². The number of halogens is 1. The van der Waals surface area contributed by atoms with E-state index in [-0.39, 0.29) is 17.3 Å². The molecule has 130 valence electrons. The molecule has 24 heavy (non-hydrogen) atoms. The lowest BCUT2D eigenvalue weighted by molar-refractivity contribution is 0.0822. The van der Waals surface area contributed by atoms with Gasteiger partial charge in [-0.05, 0) is 22.9 Å². The summed E-state index contributed by atoms with van der Waals surface area (Å²) in [5.41, 5.74) is 1.35. The molecule has 0 spiro atoms. The Hall–Kier alpha value is -2.36. The second-order valence-corrected chi connectivity index (χ2v) is 6.17. The molecule has 0 unspecified atom stereocenters. The number of rotatable bonds is 4. The van der Waals surface area contributed by atoms with E-state index in [9.17, 15) is 9.59 Å². The molecule has 2 amide bonds. The Morgan fingerprint density at radius 1 is 1.17 bits per heavy atom. The van der Waals surface area contributed by atoms with Crippen LogP contribution in [0.4, 0.5) is 5.69 Å². The molecule has 0 bridgehead atoms. The first-order valence-corrected chi connectivity index (χ1v) is 7.81. The maximum Gasteiger partial charge on any atom is 0.277 e. The van der Waals surface area contributed by atoms with Gasteiger partial charge in [-0.3, -0.25) is 14.3 Å². The van der Waals surface area contributed by atoms with Gasteiger partial charge in [0.1, 0.15) is 4.47 Å². The molecule has 2 rings (SSSR count). The molecule has 9 nitrogen and oxygen atoms in total. The fourth-order valence-corrected chi connectivity index (χ4v) is 2.82. The zero-order valence-corrected chi connectivity index (χ0v) is 15.9. The molecule has 0 atom stereocenters. The molecule has 2 heterocycles. The number of nitrogens with zero attached hydrogens (tertiary/aromatic N) is 5. The van der Waals surface area contributed by atoms with Crippen LogP contribution in [0, 0.1) is 6.92 Å². The Kier molecular flexibility index (Phi) is 4.97. The quantitative estimate of drug-likeness (QED) is 0.834. The zero-order valence-electron chi connectivity index (χ0n) is 14.3. The minimum atomic E-state index is -0.468. The number of anilines is 1. The second-order valence-electron chi connectivity index (χ2n) is 5.38. The third kappa shape index (κ3) is 3.01. The predicted molar refractivity (Wildman–Crippen MR) is 91.4 cm³/mol. The van der Waals surface area contributed by atoms with Gasteiger partial charge < -0.3 is 15.0 Å². The largest absolute Gasteiger partial charge is 0.480 e. The van der Waals surface area contributed by atoms with Gasteiger partial charge in [-0.2, -0.15) is 10.2 Å². The summed E-state index contributed by atoms with van der Waals surface area (Å²) in [5, 5.41) is 11.0. The summed E-state index contributed by atoms with van der Waals surface area (Å²) < 4.78 is 8.60. The highest BCUT2D eigenvalue weighted by molar-refractivity contribution is 9.10. The molecule has 2 aromatic rings. The molecule has 1 N–H and O–H groups in total. The third-order valence-electron chi connectivity index (χ3n) is 3.53. The van der Waals surface area contributed by atoms with Crippen molar-refractivity contribution in [1.29, 1.82) is 0 Å². The van der Waals surface area contributed by atoms with Crippen LogP contribution < -0.4 is 10.1 Å². The number of hydrogen-bond donors (Lipinski definition) is 1. The van der Waals surface area contributed by atoms with E-state index < -0.39 is 5.91 Å². The standard InChI is InChI=1S/C14H19BrN6O3/c1-7-9(11(18-20(7)4)13(23)19(2)3)16-12(22)10-8(15)14(24-6)21(5)17-10/h1-6H3,(H,16,22). The summed E-state index contributed by atoms with van der Waals surface area (Å²) in [5.74, 6) is -0.344. The Morgan fingerprint density at radius 2 is 1.75 bits per heavy atom. The topological polar surface area (TPSA) is 94.3 Å². The van der Waals surface area contributed by atoms with Crippen LogP contribution in [0.1, 0.15) is 26.7 Å². The van der Waals surface area contributed by atoms with E-state index in [0.29, 0.717) is 21.7 Å². The first kappa shape index (κ1) is 18.0. The van der Waals surface area contributed by atoms with Crippen LogP contribution >= 0.6 is 15.9 Å². The van der Waals surface area contributed by atoms with E-state index in [2.05, 4.69) is 31.4 Å². The van der Waals surface area contributed by atoms with Gasteiger partial charge >= 0.3 is 0 Å². The van der Waals surface area contributed by atoms with Crippen molar-refractivity contribution >= 4 is 33.4 Å². The van der Waals surface area contributed by atoms with Gasteiger partial charge in [0, 0.05) is 28.2 Å². The number of carbonyl (C=O) groups is 2. The number of aryl methyl sites for hydroxylation is 2. The Labute approximate surface area is 147 Å². The van der Waals surface area contributed by atoms with E-state index >= 15 is 0 Å². The molecule has 10 heteroatoms. The summed E-state index contributed by atoms with van der Waals surface area (Å²) >= 11 is 3.31. The van der Waals surface area contributed by atoms with Crippen molar-refractivity contribution in [2.24, 2.45) is 14.1 Å². The molecule has 0 saturated carbocycles. The lowest BCUT2D eigenvalue weighted by atomic mass is 10.2. The SMILES string of the molecule is COc1c(Br)c(C(=O)Nc2c(C(=O)N(C)C)nn(C)c2C)nn1C. The summed E-state index contributed by atoms with van der Waals surface area (Å²) in [6, 6.07) is 0. The van der Waals surface area contributed by atoms with Gasteiger partial charge in [-0.1, -0.05) is 0 Å². The van der Waals surface area contributed by atoms with E-state index in [4.69, 9.17) is 4.74 Å². The highest BCUT2D eigenvalue weighted by Crippen LogP contribution is 2.29. The normalized spacial score (nSPS) is 10.6. The fourth-order valence-electron chi connectivity index (χ4n) is 2.14. The molecule has 2 aromatic heterocycles. The van der Waals surface area contributed by atoms with Crippen molar-refractivity contribution in [2.75, 3.05) is 26.5 Å². The highest BCUT2D eigenvalue weighted by Gasteiger charge is 2.26. The molecular formula is C14H19BrN6O3. The summed E-state index contributed by atoms with van der Waals surface area (Å²) in [6.45, 7) is 1.77. The van der Waals surface area contributed by atoms with E-state index in [1.54, 1.807) is 39.8 Å². The molecule has 0 aromatic carbocycles. The zero-order chi connectivity index (χ0) is 18.2. The summed E-state index contributed by atoms with van der Waals surface area (Å²) in [6.07, 6.45) is 0. The van der Waals surface area contributed by atoms with Crippen molar-refractivity contribution in [1.82, 2.24) is 24.5 Å². The minimum absolute atomic E-state index is 0.154. The maximum absolute atomic E-state index is 12.6. The van der Waals surface area contributed by atoms with E-state index in [0.717, 1.165) is 0 Å². The van der Waals surface area contributed by atoms with Crippen LogP contribution in [0.15, 0.2) is 4.47 Å². The molecule has 0 radical (unpaired) electrons. The van der Waals surface area contributed by atoms with E-state index in [1.807, 2.05) is 0 Å². The number of aromatic nitrogens is 4. The van der Waals surface area contributed by atoms with Gasteiger partial charge in [0.25, 0.3) is 11.8 Å². The van der Waals surface area contributed by atoms with Crippen molar-refractivity contribution in [3.8, 4) is 5.88 Å². The monoisotopic (exact) mass is 398 g/mol. The average Bonchev–Trinajstić information content (AvgIpc) is 2.96.